The Balaban J connectivity index is 1.98. The van der Waals surface area contributed by atoms with Crippen LogP contribution >= 0.6 is 0 Å². The van der Waals surface area contributed by atoms with Crippen LogP contribution in [0.25, 0.3) is 0 Å². The van der Waals surface area contributed by atoms with E-state index in [0.29, 0.717) is 29.4 Å². The van der Waals surface area contributed by atoms with Crippen molar-refractivity contribution in [3.8, 4) is 11.5 Å². The number of hydrogen-bond acceptors (Lipinski definition) is 4. The number of hydrogen-bond donors (Lipinski definition) is 0. The van der Waals surface area contributed by atoms with Gasteiger partial charge in [-0.25, -0.2) is 0 Å². The molecule has 5 heteroatoms. The summed E-state index contributed by atoms with van der Waals surface area (Å²) in [6, 6.07) is 5.26. The third-order valence-electron chi connectivity index (χ3n) is 3.18. The maximum absolute atomic E-state index is 11.8. The number of amides is 1. The Bertz CT molecular complexity index is 482. The highest BCUT2D eigenvalue weighted by molar-refractivity contribution is 5.81. The number of carbonyl (C=O) groups is 2. The van der Waals surface area contributed by atoms with Gasteiger partial charge in [0.25, 0.3) is 5.91 Å². The van der Waals surface area contributed by atoms with Crippen molar-refractivity contribution >= 4 is 12.2 Å². The smallest absolute Gasteiger partial charge is 0.260 e. The lowest BCUT2D eigenvalue weighted by Gasteiger charge is -2.17. The molecule has 1 amide bonds. The molecule has 19 heavy (non-hydrogen) atoms. The second-order valence-corrected chi connectivity index (χ2v) is 4.55. The van der Waals surface area contributed by atoms with Crippen molar-refractivity contribution < 1.29 is 19.1 Å². The quantitative estimate of drug-likeness (QED) is 0.730. The molecule has 0 radical (unpaired) electrons. The minimum atomic E-state index is -0.0739. The van der Waals surface area contributed by atoms with Crippen molar-refractivity contribution in [1.29, 1.82) is 0 Å². The van der Waals surface area contributed by atoms with Crippen molar-refractivity contribution in [2.75, 3.05) is 20.8 Å². The zero-order chi connectivity index (χ0) is 13.8. The van der Waals surface area contributed by atoms with Crippen molar-refractivity contribution in [3.63, 3.8) is 0 Å². The Morgan fingerprint density at radius 1 is 1.47 bits per heavy atom. The predicted molar refractivity (Wildman–Crippen MR) is 69.7 cm³/mol. The van der Waals surface area contributed by atoms with Crippen LogP contribution in [0.2, 0.25) is 0 Å². The zero-order valence-electron chi connectivity index (χ0n) is 11.1. The standard InChI is InChI=1S/C14H17NO4/c1-15(11-3-4-11)14(17)9-19-13-6-5-12(18-2)7-10(13)8-16/h5-8,11H,3-4,9H2,1-2H3. The molecule has 0 spiro atoms. The van der Waals surface area contributed by atoms with Gasteiger partial charge in [0.2, 0.25) is 0 Å². The van der Waals surface area contributed by atoms with Crippen molar-refractivity contribution in [1.82, 2.24) is 4.90 Å². The van der Waals surface area contributed by atoms with E-state index < -0.39 is 0 Å². The van der Waals surface area contributed by atoms with Gasteiger partial charge in [0.05, 0.1) is 12.7 Å². The molecule has 1 aliphatic rings. The summed E-state index contributed by atoms with van der Waals surface area (Å²) < 4.78 is 10.4. The average molecular weight is 263 g/mol. The summed E-state index contributed by atoms with van der Waals surface area (Å²) in [7, 11) is 3.30. The lowest BCUT2D eigenvalue weighted by atomic mass is 10.2. The Morgan fingerprint density at radius 3 is 2.79 bits per heavy atom. The number of carbonyl (C=O) groups excluding carboxylic acids is 2. The summed E-state index contributed by atoms with van der Waals surface area (Å²) in [6.07, 6.45) is 2.81. The van der Waals surface area contributed by atoms with Crippen LogP contribution in [0, 0.1) is 0 Å². The fraction of sp³-hybridized carbons (Fsp3) is 0.429. The van der Waals surface area contributed by atoms with E-state index in [9.17, 15) is 9.59 Å². The number of benzene rings is 1. The normalized spacial score (nSPS) is 13.8. The molecule has 5 nitrogen and oxygen atoms in total. The molecule has 0 bridgehead atoms. The summed E-state index contributed by atoms with van der Waals surface area (Å²) in [5.74, 6) is 0.902. The van der Waals surface area contributed by atoms with Crippen LogP contribution in [0.15, 0.2) is 18.2 Å². The van der Waals surface area contributed by atoms with Crippen molar-refractivity contribution in [2.24, 2.45) is 0 Å². The van der Waals surface area contributed by atoms with Crippen LogP contribution in [0.1, 0.15) is 23.2 Å². The van der Waals surface area contributed by atoms with Crippen molar-refractivity contribution in [2.45, 2.75) is 18.9 Å². The first-order valence-corrected chi connectivity index (χ1v) is 6.17. The van der Waals surface area contributed by atoms with Crippen LogP contribution in [0.3, 0.4) is 0 Å². The van der Waals surface area contributed by atoms with Crippen LogP contribution in [0.4, 0.5) is 0 Å². The van der Waals surface area contributed by atoms with Gasteiger partial charge in [-0.1, -0.05) is 0 Å². The van der Waals surface area contributed by atoms with Gasteiger partial charge in [0.1, 0.15) is 11.5 Å². The Hall–Kier alpha value is -2.04. The third-order valence-corrected chi connectivity index (χ3v) is 3.18. The van der Waals surface area contributed by atoms with Gasteiger partial charge >= 0.3 is 0 Å². The first-order chi connectivity index (χ1) is 9.15. The molecular weight excluding hydrogens is 246 g/mol. The SMILES string of the molecule is COc1ccc(OCC(=O)N(C)C2CC2)c(C=O)c1. The number of likely N-dealkylation sites (N-methyl/N-ethyl adjacent to an activating group) is 1. The summed E-state index contributed by atoms with van der Waals surface area (Å²) in [5, 5.41) is 0. The van der Waals surface area contributed by atoms with E-state index in [-0.39, 0.29) is 12.5 Å². The molecule has 0 aromatic heterocycles. The van der Waals surface area contributed by atoms with Gasteiger partial charge in [0.15, 0.2) is 12.9 Å². The number of nitrogens with zero attached hydrogens (tertiary/aromatic N) is 1. The van der Waals surface area contributed by atoms with E-state index in [0.717, 1.165) is 12.8 Å². The number of methoxy groups -OCH3 is 1. The molecular formula is C14H17NO4. The molecule has 1 aromatic rings. The van der Waals surface area contributed by atoms with E-state index in [1.165, 1.54) is 7.11 Å². The highest BCUT2D eigenvalue weighted by Crippen LogP contribution is 2.26. The topological polar surface area (TPSA) is 55.8 Å². The lowest BCUT2D eigenvalue weighted by Crippen LogP contribution is -2.33. The lowest BCUT2D eigenvalue weighted by molar-refractivity contribution is -0.132. The maximum Gasteiger partial charge on any atom is 0.260 e. The van der Waals surface area contributed by atoms with Gasteiger partial charge in [0, 0.05) is 13.1 Å². The summed E-state index contributed by atoms with van der Waals surface area (Å²) in [5.41, 5.74) is 0.376. The van der Waals surface area contributed by atoms with E-state index >= 15 is 0 Å². The van der Waals surface area contributed by atoms with Crippen molar-refractivity contribution in [3.05, 3.63) is 23.8 Å². The average Bonchev–Trinajstić information content (AvgIpc) is 3.28. The number of aldehydes is 1. The van der Waals surface area contributed by atoms with E-state index in [2.05, 4.69) is 0 Å². The van der Waals surface area contributed by atoms with Gasteiger partial charge in [-0.2, -0.15) is 0 Å². The highest BCUT2D eigenvalue weighted by Gasteiger charge is 2.29. The molecule has 2 rings (SSSR count). The maximum atomic E-state index is 11.8. The number of ether oxygens (including phenoxy) is 2. The van der Waals surface area contributed by atoms with Crippen LogP contribution < -0.4 is 9.47 Å². The van der Waals surface area contributed by atoms with E-state index in [4.69, 9.17) is 9.47 Å². The highest BCUT2D eigenvalue weighted by atomic mass is 16.5. The molecule has 0 N–H and O–H groups in total. The first-order valence-electron chi connectivity index (χ1n) is 6.17. The van der Waals surface area contributed by atoms with E-state index in [1.54, 1.807) is 30.1 Å². The third kappa shape index (κ3) is 3.24. The van der Waals surface area contributed by atoms with E-state index in [1.807, 2.05) is 0 Å². The van der Waals surface area contributed by atoms with Gasteiger partial charge in [-0.05, 0) is 31.0 Å². The molecule has 0 heterocycles. The second kappa shape index (κ2) is 5.73. The number of rotatable bonds is 6. The summed E-state index contributed by atoms with van der Waals surface area (Å²) >= 11 is 0. The summed E-state index contributed by atoms with van der Waals surface area (Å²) in [4.78, 5) is 24.5. The molecule has 0 aliphatic heterocycles. The van der Waals surface area contributed by atoms with Crippen LogP contribution in [0.5, 0.6) is 11.5 Å². The molecule has 102 valence electrons. The van der Waals surface area contributed by atoms with Gasteiger partial charge < -0.3 is 14.4 Å². The summed E-state index contributed by atoms with van der Waals surface area (Å²) in [6.45, 7) is -0.0554. The largest absolute Gasteiger partial charge is 0.497 e. The Kier molecular flexibility index (Phi) is 4.04. The molecule has 0 unspecified atom stereocenters. The molecule has 1 aliphatic carbocycles. The molecule has 0 saturated heterocycles. The minimum absolute atomic E-state index is 0.0554. The Morgan fingerprint density at radius 2 is 2.21 bits per heavy atom. The fourth-order valence-corrected chi connectivity index (χ4v) is 1.78. The van der Waals surface area contributed by atoms with Crippen LogP contribution in [-0.2, 0) is 4.79 Å². The first kappa shape index (κ1) is 13.4. The van der Waals surface area contributed by atoms with Crippen LogP contribution in [-0.4, -0.2) is 43.9 Å². The molecule has 0 atom stereocenters. The molecule has 1 aromatic carbocycles. The molecule has 1 fully saturated rings. The zero-order valence-corrected chi connectivity index (χ0v) is 11.1. The Labute approximate surface area is 112 Å². The molecule has 1 saturated carbocycles. The van der Waals surface area contributed by atoms with Gasteiger partial charge in [-0.3, -0.25) is 9.59 Å². The monoisotopic (exact) mass is 263 g/mol. The predicted octanol–water partition coefficient (Wildman–Crippen LogP) is 1.51. The minimum Gasteiger partial charge on any atom is -0.497 e. The fourth-order valence-electron chi connectivity index (χ4n) is 1.78. The van der Waals surface area contributed by atoms with Gasteiger partial charge in [-0.15, -0.1) is 0 Å². The second-order valence-electron chi connectivity index (χ2n) is 4.55.